The zero-order chi connectivity index (χ0) is 14.7. The number of carbonyl (C=O) groups is 1. The molecule has 1 fully saturated rings. The number of amides is 1. The van der Waals surface area contributed by atoms with E-state index in [2.05, 4.69) is 16.3 Å². The molecular weight excluding hydrogens is 302 g/mol. The lowest BCUT2D eigenvalue weighted by atomic mass is 10.00. The molecule has 0 saturated carbocycles. The van der Waals surface area contributed by atoms with Crippen LogP contribution < -0.4 is 16.0 Å². The van der Waals surface area contributed by atoms with Gasteiger partial charge in [-0.1, -0.05) is 6.07 Å². The van der Waals surface area contributed by atoms with Gasteiger partial charge in [-0.25, -0.2) is 0 Å². The van der Waals surface area contributed by atoms with Crippen LogP contribution in [0.2, 0.25) is 0 Å². The minimum Gasteiger partial charge on any atom is -0.398 e. The topological polar surface area (TPSA) is 67.6 Å². The highest BCUT2D eigenvalue weighted by Crippen LogP contribution is 2.30. The van der Waals surface area contributed by atoms with Gasteiger partial charge in [0.15, 0.2) is 0 Å². The minimum atomic E-state index is 0. The lowest BCUT2D eigenvalue weighted by molar-refractivity contribution is -0.120. The molecule has 1 unspecified atom stereocenters. The van der Waals surface area contributed by atoms with E-state index in [-0.39, 0.29) is 24.4 Å². The Hall–Kier alpha value is -1.46. The Balaban J connectivity index is 0.00000176. The number of nitrogens with zero attached hydrogens (tertiary/aromatic N) is 1. The Bertz CT molecular complexity index is 518. The number of nitrogens with one attached hydrogen (secondary N) is 1. The maximum absolute atomic E-state index is 12.1. The molecule has 2 heterocycles. The molecule has 1 atom stereocenters. The first kappa shape index (κ1) is 16.9. The number of nitrogen functional groups attached to an aromatic ring is 1. The van der Waals surface area contributed by atoms with Gasteiger partial charge in [-0.05, 0) is 43.4 Å². The first-order valence-corrected chi connectivity index (χ1v) is 7.74. The van der Waals surface area contributed by atoms with Gasteiger partial charge in [-0.2, -0.15) is 0 Å². The quantitative estimate of drug-likeness (QED) is 0.827. The van der Waals surface area contributed by atoms with E-state index >= 15 is 0 Å². The highest BCUT2D eigenvalue weighted by Gasteiger charge is 2.21. The lowest BCUT2D eigenvalue weighted by Gasteiger charge is -2.31. The fraction of sp³-hybridized carbons (Fsp3) is 0.562. The van der Waals surface area contributed by atoms with Gasteiger partial charge in [0.1, 0.15) is 0 Å². The van der Waals surface area contributed by atoms with Crippen LogP contribution in [0.4, 0.5) is 11.4 Å². The van der Waals surface area contributed by atoms with Crippen molar-refractivity contribution < 1.29 is 9.53 Å². The Labute approximate surface area is 137 Å². The zero-order valence-corrected chi connectivity index (χ0v) is 13.5. The van der Waals surface area contributed by atoms with Gasteiger partial charge in [0.25, 0.3) is 0 Å². The first-order valence-electron chi connectivity index (χ1n) is 7.74. The summed E-state index contributed by atoms with van der Waals surface area (Å²) in [5.74, 6) is 0.0563. The summed E-state index contributed by atoms with van der Waals surface area (Å²) in [6.45, 7) is 2.74. The van der Waals surface area contributed by atoms with Crippen molar-refractivity contribution in [2.24, 2.45) is 0 Å². The molecule has 22 heavy (non-hydrogen) atoms. The molecule has 122 valence electrons. The molecule has 3 rings (SSSR count). The van der Waals surface area contributed by atoms with E-state index in [1.807, 2.05) is 12.1 Å². The fourth-order valence-electron chi connectivity index (χ4n) is 3.15. The average molecular weight is 326 g/mol. The molecule has 0 aliphatic carbocycles. The number of ether oxygens (including phenoxy) is 1. The lowest BCUT2D eigenvalue weighted by Crippen LogP contribution is -2.42. The van der Waals surface area contributed by atoms with E-state index in [1.54, 1.807) is 0 Å². The monoisotopic (exact) mass is 325 g/mol. The summed E-state index contributed by atoms with van der Waals surface area (Å²) >= 11 is 0. The minimum absolute atomic E-state index is 0. The highest BCUT2D eigenvalue weighted by atomic mass is 35.5. The van der Waals surface area contributed by atoms with E-state index in [0.717, 1.165) is 50.2 Å². The second-order valence-corrected chi connectivity index (χ2v) is 5.81. The number of nitrogens with two attached hydrogens (primary N) is 1. The number of hydrogen-bond acceptors (Lipinski definition) is 4. The molecule has 1 aromatic carbocycles. The van der Waals surface area contributed by atoms with Crippen molar-refractivity contribution >= 4 is 29.7 Å². The second kappa shape index (κ2) is 7.70. The number of benzene rings is 1. The molecule has 3 N–H and O–H groups in total. The average Bonchev–Trinajstić information content (AvgIpc) is 3.00. The maximum Gasteiger partial charge on any atom is 0.239 e. The number of halogens is 1. The smallest absolute Gasteiger partial charge is 0.239 e. The van der Waals surface area contributed by atoms with Crippen LogP contribution in [0.5, 0.6) is 0 Å². The summed E-state index contributed by atoms with van der Waals surface area (Å²) in [7, 11) is 0. The van der Waals surface area contributed by atoms with Crippen LogP contribution in [-0.4, -0.2) is 38.3 Å². The van der Waals surface area contributed by atoms with Crippen molar-refractivity contribution in [2.75, 3.05) is 36.9 Å². The van der Waals surface area contributed by atoms with Crippen LogP contribution >= 0.6 is 12.4 Å². The molecule has 0 bridgehead atoms. The van der Waals surface area contributed by atoms with Gasteiger partial charge in [-0.15, -0.1) is 12.4 Å². The van der Waals surface area contributed by atoms with Crippen molar-refractivity contribution in [2.45, 2.75) is 31.8 Å². The van der Waals surface area contributed by atoms with Gasteiger partial charge in [0.05, 0.1) is 12.6 Å². The Morgan fingerprint density at radius 3 is 3.05 bits per heavy atom. The third kappa shape index (κ3) is 3.84. The standard InChI is InChI=1S/C16H23N3O2.ClH/c17-14-6-1-7-15-13(14)5-2-8-19(15)11-16(20)18-10-12-4-3-9-21-12;/h1,6-7,12H,2-5,8-11,17H2,(H,18,20);1H. The highest BCUT2D eigenvalue weighted by molar-refractivity contribution is 5.85. The van der Waals surface area contributed by atoms with Crippen LogP contribution in [0.3, 0.4) is 0 Å². The molecule has 2 aliphatic rings. The van der Waals surface area contributed by atoms with Crippen molar-refractivity contribution in [3.8, 4) is 0 Å². The number of carbonyl (C=O) groups excluding carboxylic acids is 1. The van der Waals surface area contributed by atoms with E-state index < -0.39 is 0 Å². The fourth-order valence-corrected chi connectivity index (χ4v) is 3.15. The number of fused-ring (bicyclic) bond motifs is 1. The number of hydrogen-bond donors (Lipinski definition) is 2. The summed E-state index contributed by atoms with van der Waals surface area (Å²) in [6, 6.07) is 5.94. The number of rotatable bonds is 4. The Morgan fingerprint density at radius 2 is 2.27 bits per heavy atom. The molecule has 0 radical (unpaired) electrons. The largest absolute Gasteiger partial charge is 0.398 e. The molecule has 6 heteroatoms. The molecule has 2 aliphatic heterocycles. The Kier molecular flexibility index (Phi) is 5.91. The molecule has 1 aromatic rings. The summed E-state index contributed by atoms with van der Waals surface area (Å²) in [4.78, 5) is 14.2. The van der Waals surface area contributed by atoms with Crippen molar-refractivity contribution in [1.82, 2.24) is 5.32 Å². The third-order valence-corrected chi connectivity index (χ3v) is 4.27. The molecule has 5 nitrogen and oxygen atoms in total. The molecule has 1 amide bonds. The summed E-state index contributed by atoms with van der Waals surface area (Å²) in [6.07, 6.45) is 4.37. The number of anilines is 2. The van der Waals surface area contributed by atoms with Gasteiger partial charge >= 0.3 is 0 Å². The van der Waals surface area contributed by atoms with Crippen molar-refractivity contribution in [3.05, 3.63) is 23.8 Å². The zero-order valence-electron chi connectivity index (χ0n) is 12.7. The maximum atomic E-state index is 12.1. The van der Waals surface area contributed by atoms with Crippen LogP contribution in [0, 0.1) is 0 Å². The van der Waals surface area contributed by atoms with Gasteiger partial charge < -0.3 is 20.7 Å². The van der Waals surface area contributed by atoms with Crippen molar-refractivity contribution in [3.63, 3.8) is 0 Å². The first-order chi connectivity index (χ1) is 10.2. The predicted molar refractivity (Wildman–Crippen MR) is 90.6 cm³/mol. The van der Waals surface area contributed by atoms with E-state index in [1.165, 1.54) is 5.56 Å². The molecule has 1 saturated heterocycles. The summed E-state index contributed by atoms with van der Waals surface area (Å²) in [5.41, 5.74) is 9.14. The molecule has 0 spiro atoms. The second-order valence-electron chi connectivity index (χ2n) is 5.81. The SMILES string of the molecule is Cl.Nc1cccc2c1CCCN2CC(=O)NCC1CCCO1. The normalized spacial score (nSPS) is 20.2. The van der Waals surface area contributed by atoms with E-state index in [0.29, 0.717) is 13.1 Å². The molecule has 0 aromatic heterocycles. The van der Waals surface area contributed by atoms with Crippen molar-refractivity contribution in [1.29, 1.82) is 0 Å². The van der Waals surface area contributed by atoms with E-state index in [4.69, 9.17) is 10.5 Å². The predicted octanol–water partition coefficient (Wildman–Crippen LogP) is 1.74. The third-order valence-electron chi connectivity index (χ3n) is 4.27. The van der Waals surface area contributed by atoms with Crippen LogP contribution in [0.1, 0.15) is 24.8 Å². The van der Waals surface area contributed by atoms with Crippen LogP contribution in [-0.2, 0) is 16.0 Å². The molecular formula is C16H24ClN3O2. The van der Waals surface area contributed by atoms with E-state index in [9.17, 15) is 4.79 Å². The summed E-state index contributed by atoms with van der Waals surface area (Å²) in [5, 5.41) is 2.98. The van der Waals surface area contributed by atoms with Crippen LogP contribution in [0.15, 0.2) is 18.2 Å². The van der Waals surface area contributed by atoms with Crippen LogP contribution in [0.25, 0.3) is 0 Å². The van der Waals surface area contributed by atoms with Gasteiger partial charge in [0.2, 0.25) is 5.91 Å². The van der Waals surface area contributed by atoms with Gasteiger partial charge in [0, 0.05) is 31.1 Å². The Morgan fingerprint density at radius 1 is 1.41 bits per heavy atom. The van der Waals surface area contributed by atoms with Gasteiger partial charge in [-0.3, -0.25) is 4.79 Å². The summed E-state index contributed by atoms with van der Waals surface area (Å²) < 4.78 is 5.52.